The Labute approximate surface area is 169 Å². The van der Waals surface area contributed by atoms with Crippen molar-refractivity contribution in [1.82, 2.24) is 15.1 Å². The number of pyridine rings is 1. The number of unbranched alkanes of at least 4 members (excludes halogenated alkanes) is 3. The van der Waals surface area contributed by atoms with E-state index in [2.05, 4.69) is 25.4 Å². The Bertz CT molecular complexity index is 604. The van der Waals surface area contributed by atoms with Gasteiger partial charge in [0.25, 0.3) is 0 Å². The molecule has 1 fully saturated rings. The van der Waals surface area contributed by atoms with Gasteiger partial charge in [0.05, 0.1) is 6.61 Å². The molecule has 1 saturated heterocycles. The van der Waals surface area contributed by atoms with E-state index < -0.39 is 8.30 Å². The second-order valence-electron chi connectivity index (χ2n) is 6.35. The van der Waals surface area contributed by atoms with Crippen LogP contribution in [-0.2, 0) is 9.36 Å². The molecule has 1 aromatic heterocycles. The van der Waals surface area contributed by atoms with Crippen molar-refractivity contribution < 1.29 is 9.36 Å². The van der Waals surface area contributed by atoms with Crippen LogP contribution in [0.5, 0.6) is 0 Å². The first-order valence-corrected chi connectivity index (χ1v) is 11.4. The van der Waals surface area contributed by atoms with Crippen LogP contribution in [0.25, 0.3) is 0 Å². The molecule has 0 aromatic carbocycles. The summed E-state index contributed by atoms with van der Waals surface area (Å²) >= 11 is 0. The standard InChI is InChI=1S/C19H31N6O2P/c1-2-27-28(25-14-6-7-15-26-25)16-8-4-3-5-11-22-19(23-17-20)24-18-9-12-21-13-10-18/h9-10,12-13H,2-8,11,14-16H2,1H3,(H2,21,22,23,24). The van der Waals surface area contributed by atoms with Crippen LogP contribution >= 0.6 is 8.30 Å². The zero-order chi connectivity index (χ0) is 19.9. The fourth-order valence-corrected chi connectivity index (χ4v) is 4.64. The summed E-state index contributed by atoms with van der Waals surface area (Å²) in [6.07, 6.45) is 13.1. The molecule has 0 saturated carbocycles. The number of aromatic nitrogens is 1. The Morgan fingerprint density at radius 3 is 2.86 bits per heavy atom. The molecule has 2 N–H and O–H groups in total. The Balaban J connectivity index is 1.63. The summed E-state index contributed by atoms with van der Waals surface area (Å²) in [6.45, 7) is 5.26. The molecule has 1 atom stereocenters. The van der Waals surface area contributed by atoms with E-state index in [4.69, 9.17) is 14.6 Å². The van der Waals surface area contributed by atoms with Gasteiger partial charge < -0.3 is 9.84 Å². The van der Waals surface area contributed by atoms with Crippen molar-refractivity contribution in [2.45, 2.75) is 45.4 Å². The number of rotatable bonds is 11. The van der Waals surface area contributed by atoms with Crippen molar-refractivity contribution >= 4 is 19.9 Å². The van der Waals surface area contributed by atoms with Gasteiger partial charge in [0.2, 0.25) is 5.96 Å². The minimum atomic E-state index is -0.625. The van der Waals surface area contributed by atoms with Crippen LogP contribution in [0.1, 0.15) is 45.4 Å². The molecule has 28 heavy (non-hydrogen) atoms. The van der Waals surface area contributed by atoms with Crippen molar-refractivity contribution in [3.63, 3.8) is 0 Å². The second-order valence-corrected chi connectivity index (χ2v) is 8.21. The number of hydrogen-bond acceptors (Lipinski definition) is 6. The molecule has 0 bridgehead atoms. The van der Waals surface area contributed by atoms with Gasteiger partial charge in [0, 0.05) is 43.9 Å². The third kappa shape index (κ3) is 8.94. The zero-order valence-electron chi connectivity index (χ0n) is 16.6. The van der Waals surface area contributed by atoms with Gasteiger partial charge in [-0.1, -0.05) is 12.8 Å². The highest BCUT2D eigenvalue weighted by Crippen LogP contribution is 2.43. The number of hydroxylamine groups is 1. The van der Waals surface area contributed by atoms with Crippen LogP contribution in [0.2, 0.25) is 0 Å². The van der Waals surface area contributed by atoms with Crippen LogP contribution in [0.4, 0.5) is 5.69 Å². The van der Waals surface area contributed by atoms with E-state index in [1.54, 1.807) is 12.4 Å². The molecule has 2 heterocycles. The van der Waals surface area contributed by atoms with Crippen molar-refractivity contribution in [1.29, 1.82) is 5.26 Å². The number of nitriles is 1. The molecule has 2 rings (SSSR count). The summed E-state index contributed by atoms with van der Waals surface area (Å²) in [5.74, 6) is 0.468. The SMILES string of the molecule is CCOP(CCCCCCN=C(NC#N)Nc1ccncc1)N1CCCCO1. The van der Waals surface area contributed by atoms with Gasteiger partial charge in [0.1, 0.15) is 8.30 Å². The van der Waals surface area contributed by atoms with E-state index in [1.165, 1.54) is 6.42 Å². The minimum absolute atomic E-state index is 0.468. The monoisotopic (exact) mass is 406 g/mol. The van der Waals surface area contributed by atoms with Gasteiger partial charge in [0.15, 0.2) is 6.19 Å². The van der Waals surface area contributed by atoms with E-state index in [1.807, 2.05) is 25.2 Å². The molecule has 1 aromatic rings. The largest absolute Gasteiger partial charge is 0.342 e. The third-order valence-electron chi connectivity index (χ3n) is 4.16. The maximum atomic E-state index is 8.87. The summed E-state index contributed by atoms with van der Waals surface area (Å²) < 4.78 is 5.92. The smallest absolute Gasteiger partial charge is 0.209 e. The van der Waals surface area contributed by atoms with Crippen LogP contribution in [0.3, 0.4) is 0 Å². The average molecular weight is 406 g/mol. The lowest BCUT2D eigenvalue weighted by molar-refractivity contribution is -0.113. The van der Waals surface area contributed by atoms with E-state index in [0.717, 1.165) is 63.7 Å². The van der Waals surface area contributed by atoms with E-state index in [9.17, 15) is 0 Å². The number of nitrogens with one attached hydrogen (secondary N) is 2. The van der Waals surface area contributed by atoms with Crippen molar-refractivity contribution in [3.8, 4) is 6.19 Å². The van der Waals surface area contributed by atoms with Gasteiger partial charge in [-0.05, 0) is 44.7 Å². The molecule has 0 amide bonds. The predicted octanol–water partition coefficient (Wildman–Crippen LogP) is 3.86. The third-order valence-corrected chi connectivity index (χ3v) is 6.22. The number of nitrogens with zero attached hydrogens (tertiary/aromatic N) is 4. The summed E-state index contributed by atoms with van der Waals surface area (Å²) in [5.41, 5.74) is 0.848. The van der Waals surface area contributed by atoms with Crippen molar-refractivity contribution in [2.24, 2.45) is 4.99 Å². The molecule has 0 radical (unpaired) electrons. The number of aliphatic imine (C=N–C) groups is 1. The molecule has 1 aliphatic heterocycles. The first-order valence-electron chi connectivity index (χ1n) is 10.0. The van der Waals surface area contributed by atoms with Crippen LogP contribution < -0.4 is 10.6 Å². The Morgan fingerprint density at radius 2 is 2.14 bits per heavy atom. The normalized spacial score (nSPS) is 16.4. The molecule has 1 unspecified atom stereocenters. The number of guanidine groups is 1. The molecule has 0 aliphatic carbocycles. The van der Waals surface area contributed by atoms with Crippen LogP contribution in [-0.4, -0.2) is 48.2 Å². The fraction of sp³-hybridized carbons (Fsp3) is 0.632. The van der Waals surface area contributed by atoms with Crippen molar-refractivity contribution in [3.05, 3.63) is 24.5 Å². The second kappa shape index (κ2) is 14.3. The molecule has 8 nitrogen and oxygen atoms in total. The molecule has 1 aliphatic rings. The van der Waals surface area contributed by atoms with Gasteiger partial charge in [-0.25, -0.2) is 0 Å². The summed E-state index contributed by atoms with van der Waals surface area (Å²) in [7, 11) is -0.625. The minimum Gasteiger partial charge on any atom is -0.342 e. The topological polar surface area (TPSA) is 94.8 Å². The highest BCUT2D eigenvalue weighted by atomic mass is 31.2. The maximum Gasteiger partial charge on any atom is 0.209 e. The average Bonchev–Trinajstić information content (AvgIpc) is 2.73. The first kappa shape index (κ1) is 22.5. The molecule has 154 valence electrons. The van der Waals surface area contributed by atoms with E-state index in [-0.39, 0.29) is 0 Å². The lowest BCUT2D eigenvalue weighted by Gasteiger charge is -2.32. The molecular formula is C19H31N6O2P. The highest BCUT2D eigenvalue weighted by molar-refractivity contribution is 7.49. The summed E-state index contributed by atoms with van der Waals surface area (Å²) in [6, 6.07) is 3.66. The summed E-state index contributed by atoms with van der Waals surface area (Å²) in [4.78, 5) is 16.3. The number of hydrogen-bond donors (Lipinski definition) is 2. The van der Waals surface area contributed by atoms with E-state index >= 15 is 0 Å². The first-order chi connectivity index (χ1) is 13.8. The van der Waals surface area contributed by atoms with Crippen molar-refractivity contribution in [2.75, 3.05) is 37.8 Å². The van der Waals surface area contributed by atoms with Gasteiger partial charge in [-0.3, -0.25) is 20.1 Å². The highest BCUT2D eigenvalue weighted by Gasteiger charge is 2.22. The number of anilines is 1. The predicted molar refractivity (Wildman–Crippen MR) is 113 cm³/mol. The zero-order valence-corrected chi connectivity index (χ0v) is 17.5. The molecular weight excluding hydrogens is 375 g/mol. The van der Waals surface area contributed by atoms with Gasteiger partial charge in [-0.2, -0.15) is 5.26 Å². The Hall–Kier alpha value is -1.78. The molecule has 9 heteroatoms. The lowest BCUT2D eigenvalue weighted by atomic mass is 10.2. The van der Waals surface area contributed by atoms with E-state index in [0.29, 0.717) is 12.5 Å². The van der Waals surface area contributed by atoms with Gasteiger partial charge in [-0.15, -0.1) is 4.83 Å². The summed E-state index contributed by atoms with van der Waals surface area (Å²) in [5, 5.41) is 14.6. The maximum absolute atomic E-state index is 8.87. The lowest BCUT2D eigenvalue weighted by Crippen LogP contribution is -2.27. The fourth-order valence-electron chi connectivity index (χ4n) is 2.79. The van der Waals surface area contributed by atoms with Crippen LogP contribution in [0, 0.1) is 11.5 Å². The van der Waals surface area contributed by atoms with Crippen LogP contribution in [0.15, 0.2) is 29.5 Å². The quantitative estimate of drug-likeness (QED) is 0.144. The Morgan fingerprint density at radius 1 is 1.32 bits per heavy atom. The Kier molecular flexibility index (Phi) is 11.5. The molecule has 0 spiro atoms. The van der Waals surface area contributed by atoms with Gasteiger partial charge >= 0.3 is 0 Å².